The molecule has 0 bridgehead atoms. The van der Waals surface area contributed by atoms with Crippen molar-refractivity contribution in [3.05, 3.63) is 0 Å². The highest BCUT2D eigenvalue weighted by Gasteiger charge is 2.43. The number of carboxylic acids is 3. The lowest BCUT2D eigenvalue weighted by Crippen LogP contribution is -2.62. The molecule has 114 heavy (non-hydrogen) atoms. The number of thioether (sulfide) groups is 1. The molecule has 0 aliphatic carbocycles. The summed E-state index contributed by atoms with van der Waals surface area (Å²) in [7, 11) is 0. The van der Waals surface area contributed by atoms with Gasteiger partial charge in [-0.15, -0.1) is 0 Å². The van der Waals surface area contributed by atoms with Crippen LogP contribution in [-0.2, 0) is 86.3 Å². The Balaban J connectivity index is 3.61. The first kappa shape index (κ1) is 102. The van der Waals surface area contributed by atoms with Crippen LogP contribution < -0.4 is 98.2 Å². The van der Waals surface area contributed by atoms with Crippen molar-refractivity contribution in [3.63, 3.8) is 0 Å². The molecule has 15 amide bonds. The van der Waals surface area contributed by atoms with E-state index in [9.17, 15) is 107 Å². The van der Waals surface area contributed by atoms with Gasteiger partial charge in [-0.1, -0.05) is 81.1 Å². The van der Waals surface area contributed by atoms with Crippen LogP contribution in [0, 0.1) is 23.7 Å². The van der Waals surface area contributed by atoms with Gasteiger partial charge < -0.3 is 124 Å². The lowest BCUT2D eigenvalue weighted by atomic mass is 9.94. The van der Waals surface area contributed by atoms with Crippen molar-refractivity contribution in [2.45, 2.75) is 276 Å². The molecule has 1 aliphatic rings. The number of hydrogen-bond donors (Lipinski definition) is 22. The van der Waals surface area contributed by atoms with Crippen LogP contribution in [0.3, 0.4) is 0 Å². The van der Waals surface area contributed by atoms with Crippen LogP contribution in [0.5, 0.6) is 0 Å². The monoisotopic (exact) mass is 1640 g/mol. The van der Waals surface area contributed by atoms with Crippen LogP contribution in [0.25, 0.3) is 0 Å². The maximum Gasteiger partial charge on any atom is 0.326 e. The van der Waals surface area contributed by atoms with Gasteiger partial charge in [0.2, 0.25) is 88.6 Å². The Kier molecular flexibility index (Phi) is 46.8. The molecule has 28 N–H and O–H groups in total. The van der Waals surface area contributed by atoms with Gasteiger partial charge in [-0.2, -0.15) is 11.8 Å². The number of hydrogen-bond acceptors (Lipinski definition) is 23. The second-order valence-electron chi connectivity index (χ2n) is 28.7. The van der Waals surface area contributed by atoms with E-state index in [1.54, 1.807) is 54.7 Å². The fraction of sp³-hybridized carbons (Fsp3) is 0.732. The van der Waals surface area contributed by atoms with E-state index in [2.05, 4.69) is 68.8 Å². The van der Waals surface area contributed by atoms with E-state index < -0.39 is 253 Å². The Hall–Kier alpha value is -10.0. The molecule has 0 aromatic carbocycles. The molecular weight excluding hydrogens is 1520 g/mol. The fourth-order valence-electron chi connectivity index (χ4n) is 11.7. The third kappa shape index (κ3) is 36.0. The van der Waals surface area contributed by atoms with Gasteiger partial charge >= 0.3 is 17.9 Å². The molecule has 42 nitrogen and oxygen atoms in total. The Bertz CT molecular complexity index is 3330. The molecule has 0 aromatic rings. The molecule has 1 aliphatic heterocycles. The summed E-state index contributed by atoms with van der Waals surface area (Å²) in [5.41, 5.74) is 33.5. The molecule has 1 fully saturated rings. The summed E-state index contributed by atoms with van der Waals surface area (Å²) in [6.07, 6.45) is -2.28. The molecule has 0 aromatic heterocycles. The lowest BCUT2D eigenvalue weighted by molar-refractivity contribution is -0.143. The Morgan fingerprint density at radius 1 is 0.447 bits per heavy atom. The number of primary amides is 2. The van der Waals surface area contributed by atoms with Crippen LogP contribution in [0.1, 0.15) is 185 Å². The zero-order valence-corrected chi connectivity index (χ0v) is 67.7. The van der Waals surface area contributed by atoms with E-state index in [1.807, 2.05) is 0 Å². The molecule has 0 unspecified atom stereocenters. The highest BCUT2D eigenvalue weighted by atomic mass is 32.2. The summed E-state index contributed by atoms with van der Waals surface area (Å²) in [5.74, 6) is -22.1. The third-order valence-electron chi connectivity index (χ3n) is 19.6. The van der Waals surface area contributed by atoms with Gasteiger partial charge in [0, 0.05) is 25.9 Å². The molecule has 19 atom stereocenters. The predicted octanol–water partition coefficient (Wildman–Crippen LogP) is -5.79. The Morgan fingerprint density at radius 2 is 0.851 bits per heavy atom. The number of amides is 15. The van der Waals surface area contributed by atoms with E-state index in [-0.39, 0.29) is 95.1 Å². The number of carbonyl (C=O) groups excluding carboxylic acids is 15. The average molecular weight is 1640 g/mol. The number of unbranched alkanes of at least 4 members (excludes halogenated alkanes) is 1. The molecule has 1 rings (SSSR count). The van der Waals surface area contributed by atoms with Crippen molar-refractivity contribution in [2.75, 3.05) is 31.6 Å². The molecule has 1 heterocycles. The van der Waals surface area contributed by atoms with Gasteiger partial charge in [0.05, 0.1) is 25.0 Å². The normalized spacial score (nSPS) is 17.2. The summed E-state index contributed by atoms with van der Waals surface area (Å²) in [6.45, 7) is 15.6. The van der Waals surface area contributed by atoms with Gasteiger partial charge in [0.15, 0.2) is 5.96 Å². The fourth-order valence-corrected chi connectivity index (χ4v) is 12.2. The van der Waals surface area contributed by atoms with Crippen LogP contribution in [0.4, 0.5) is 0 Å². The number of nitrogens with zero attached hydrogens (tertiary/aromatic N) is 2. The van der Waals surface area contributed by atoms with Crippen LogP contribution in [-0.4, -0.2) is 260 Å². The number of guanidine groups is 1. The standard InChI is InChI=1S/C71H124N20O22S/c1-12-34(5)52(75)64(106)86-45(32-49(74)94)61(103)85-46(33-51(97)98)62(104)87-55(37(8)15-4)67(109)88-53(35(6)13-2)65(107)82-40(21-18-29-78-71(76)77)57(99)79-38(9)69(111)91-30-19-22-47(91)63(105)90-56(39(10)92)68(110)89-54(36(7)14-3)66(108)83-42(24-26-50(95)96)59(101)80-41(23-25-48(73)93)58(100)81-43(27-31-114-11)60(102)84-44(70(112)113)20-16-17-28-72/h34-47,52-56,92H,12-33,72,75H2,1-11H3,(H2,73,93)(H2,74,94)(H,79,99)(H,80,101)(H,81,100)(H,82,107)(H,83,108)(H,84,102)(H,85,103)(H,86,106)(H,87,104)(H,88,109)(H,89,110)(H,90,105)(H,95,96)(H,97,98)(H,112,113)(H4,76,77,78)/t34-,35-,36-,37-,38-,39+,40-,41-,42-,43-,44-,45-,46-,47-,52-,53-,54-,55-,56-/m0/s1. The van der Waals surface area contributed by atoms with Gasteiger partial charge in [-0.05, 0) is 120 Å². The van der Waals surface area contributed by atoms with Gasteiger partial charge in [0.25, 0.3) is 0 Å². The number of carbonyl (C=O) groups is 18. The Labute approximate surface area is 667 Å². The predicted molar refractivity (Wildman–Crippen MR) is 416 cm³/mol. The lowest BCUT2D eigenvalue weighted by Gasteiger charge is -2.32. The van der Waals surface area contributed by atoms with Crippen LogP contribution in [0.15, 0.2) is 4.99 Å². The highest BCUT2D eigenvalue weighted by molar-refractivity contribution is 7.98. The minimum Gasteiger partial charge on any atom is -0.481 e. The third-order valence-corrected chi connectivity index (χ3v) is 20.2. The number of carboxylic acid groups (broad SMARTS) is 3. The zero-order chi connectivity index (χ0) is 87.0. The molecule has 0 radical (unpaired) electrons. The van der Waals surface area contributed by atoms with E-state index in [1.165, 1.54) is 25.6 Å². The first-order valence-corrected chi connectivity index (χ1v) is 39.7. The number of nitrogens with two attached hydrogens (primary N) is 6. The maximum atomic E-state index is 14.6. The van der Waals surface area contributed by atoms with Crippen molar-refractivity contribution in [3.8, 4) is 0 Å². The summed E-state index contributed by atoms with van der Waals surface area (Å²) in [6, 6.07) is -21.7. The topological polar surface area (TPSA) is 704 Å². The molecule has 0 saturated carbocycles. The number of rotatable bonds is 56. The number of aliphatic hydroxyl groups excluding tert-OH is 1. The number of aliphatic hydroxyl groups is 1. The molecule has 1 saturated heterocycles. The summed E-state index contributed by atoms with van der Waals surface area (Å²) in [4.78, 5) is 249. The van der Waals surface area contributed by atoms with E-state index >= 15 is 0 Å². The van der Waals surface area contributed by atoms with Gasteiger partial charge in [-0.3, -0.25) is 86.5 Å². The van der Waals surface area contributed by atoms with Crippen LogP contribution in [0.2, 0.25) is 0 Å². The summed E-state index contributed by atoms with van der Waals surface area (Å²) >= 11 is 1.29. The van der Waals surface area contributed by atoms with E-state index in [0.29, 0.717) is 19.3 Å². The number of aliphatic carboxylic acids is 3. The zero-order valence-electron chi connectivity index (χ0n) is 66.9. The van der Waals surface area contributed by atoms with E-state index in [0.717, 1.165) is 11.8 Å². The quantitative estimate of drug-likeness (QED) is 0.0153. The summed E-state index contributed by atoms with van der Waals surface area (Å²) < 4.78 is 0. The van der Waals surface area contributed by atoms with Crippen molar-refractivity contribution >= 4 is 124 Å². The van der Waals surface area contributed by atoms with E-state index in [4.69, 9.17) is 34.4 Å². The number of likely N-dealkylation sites (tertiary alicyclic amines) is 1. The minimum absolute atomic E-state index is 0.00607. The minimum atomic E-state index is -1.92. The second kappa shape index (κ2) is 52.4. The van der Waals surface area contributed by atoms with Gasteiger partial charge in [-0.25, -0.2) is 4.79 Å². The molecular formula is C71H124N20O22S. The van der Waals surface area contributed by atoms with Gasteiger partial charge in [0.1, 0.15) is 78.5 Å². The summed E-state index contributed by atoms with van der Waals surface area (Å²) in [5, 5.41) is 69.9. The number of aliphatic imine (C=N–C) groups is 1. The smallest absolute Gasteiger partial charge is 0.326 e. The van der Waals surface area contributed by atoms with Crippen molar-refractivity contribution < 1.29 is 107 Å². The maximum absolute atomic E-state index is 14.6. The second-order valence-corrected chi connectivity index (χ2v) is 29.6. The number of nitrogens with one attached hydrogen (secondary N) is 12. The average Bonchev–Trinajstić information content (AvgIpc) is 1.56. The van der Waals surface area contributed by atoms with Crippen molar-refractivity contribution in [1.82, 2.24) is 68.7 Å². The molecule has 0 spiro atoms. The highest BCUT2D eigenvalue weighted by Crippen LogP contribution is 2.21. The first-order valence-electron chi connectivity index (χ1n) is 38.3. The largest absolute Gasteiger partial charge is 0.481 e. The SMILES string of the molecule is CC[C@H](C)[C@H](N)C(=O)N[C@@H](CC(N)=O)C(=O)N[C@@H](CC(=O)O)C(=O)N[C@H](C(=O)N[C@H](C(=O)N[C@@H](CCCN=C(N)N)C(=O)N[C@@H](C)C(=O)N1CCC[C@H]1C(=O)N[C@H](C(=O)N[C@H](C(=O)N[C@@H](CCC(=O)O)C(=O)N[C@@H](CCC(N)=O)C(=O)N[C@@H](CCSC)C(=O)N[C@@H](CCCCN)C(=O)O)[C@@H](C)CC)[C@@H](C)O)[C@@H](C)CC)[C@@H](C)CC. The molecule has 646 valence electrons. The van der Waals surface area contributed by atoms with Crippen LogP contribution >= 0.6 is 11.8 Å². The van der Waals surface area contributed by atoms with Crippen molar-refractivity contribution in [1.29, 1.82) is 0 Å². The first-order chi connectivity index (χ1) is 53.4. The Morgan fingerprint density at radius 3 is 1.30 bits per heavy atom. The van der Waals surface area contributed by atoms with Crippen molar-refractivity contribution in [2.24, 2.45) is 63.1 Å². The molecule has 43 heteroatoms.